The summed E-state index contributed by atoms with van der Waals surface area (Å²) in [6, 6.07) is 2.53. The summed E-state index contributed by atoms with van der Waals surface area (Å²) >= 11 is 0. The van der Waals surface area contributed by atoms with Crippen molar-refractivity contribution in [3.8, 4) is 0 Å². The quantitative estimate of drug-likeness (QED) is 0.875. The lowest BCUT2D eigenvalue weighted by Gasteiger charge is -2.34. The van der Waals surface area contributed by atoms with Gasteiger partial charge in [-0.15, -0.1) is 0 Å². The largest absolute Gasteiger partial charge is 0.348 e. The number of nitrogens with one attached hydrogen (secondary N) is 2. The zero-order valence-corrected chi connectivity index (χ0v) is 12.0. The summed E-state index contributed by atoms with van der Waals surface area (Å²) in [5.74, 6) is -1.95. The zero-order chi connectivity index (χ0) is 14.9. The Balaban J connectivity index is 2.11. The summed E-state index contributed by atoms with van der Waals surface area (Å²) in [7, 11) is 0. The highest BCUT2D eigenvalue weighted by Gasteiger charge is 2.27. The summed E-state index contributed by atoms with van der Waals surface area (Å²) in [5.41, 5.74) is 0.162. The van der Waals surface area contributed by atoms with Gasteiger partial charge >= 0.3 is 0 Å². The van der Waals surface area contributed by atoms with E-state index in [2.05, 4.69) is 17.6 Å². The molecule has 3 atom stereocenters. The molecule has 1 aliphatic rings. The SMILES string of the molecule is Cc1cc(C(=O)NC2CCC(C)NC2C)c(F)cc1F. The topological polar surface area (TPSA) is 41.1 Å². The number of carbonyl (C=O) groups excluding carboxylic acids is 1. The number of rotatable bonds is 2. The Hall–Kier alpha value is -1.49. The molecule has 0 radical (unpaired) electrons. The van der Waals surface area contributed by atoms with E-state index in [0.29, 0.717) is 6.04 Å². The van der Waals surface area contributed by atoms with E-state index in [0.717, 1.165) is 18.9 Å². The van der Waals surface area contributed by atoms with Gasteiger partial charge in [-0.25, -0.2) is 8.78 Å². The summed E-state index contributed by atoms with van der Waals surface area (Å²) in [4.78, 5) is 12.1. The molecule has 0 spiro atoms. The lowest BCUT2D eigenvalue weighted by atomic mass is 9.95. The first-order valence-corrected chi connectivity index (χ1v) is 6.91. The molecule has 1 fully saturated rings. The minimum absolute atomic E-state index is 0.0385. The second-order valence-electron chi connectivity index (χ2n) is 5.59. The first-order valence-electron chi connectivity index (χ1n) is 6.91. The first-order chi connectivity index (χ1) is 9.38. The van der Waals surface area contributed by atoms with Gasteiger partial charge in [0.1, 0.15) is 11.6 Å². The Bertz CT molecular complexity index is 519. The highest BCUT2D eigenvalue weighted by atomic mass is 19.1. The zero-order valence-electron chi connectivity index (χ0n) is 12.0. The molecule has 1 heterocycles. The van der Waals surface area contributed by atoms with Gasteiger partial charge in [0.25, 0.3) is 5.91 Å². The predicted molar refractivity (Wildman–Crippen MR) is 73.6 cm³/mol. The molecule has 1 amide bonds. The molecule has 1 aromatic carbocycles. The number of piperidine rings is 1. The molecule has 2 rings (SSSR count). The van der Waals surface area contributed by atoms with E-state index in [1.165, 1.54) is 13.0 Å². The third-order valence-corrected chi connectivity index (χ3v) is 3.87. The van der Waals surface area contributed by atoms with Gasteiger partial charge in [0.05, 0.1) is 5.56 Å². The monoisotopic (exact) mass is 282 g/mol. The summed E-state index contributed by atoms with van der Waals surface area (Å²) in [6.07, 6.45) is 1.81. The maximum absolute atomic E-state index is 13.7. The second kappa shape index (κ2) is 5.87. The van der Waals surface area contributed by atoms with Crippen LogP contribution in [0.15, 0.2) is 12.1 Å². The molecule has 1 aromatic rings. The molecule has 1 saturated heterocycles. The average Bonchev–Trinajstić information content (AvgIpc) is 2.37. The lowest BCUT2D eigenvalue weighted by Crippen LogP contribution is -2.54. The van der Waals surface area contributed by atoms with Crippen LogP contribution < -0.4 is 10.6 Å². The van der Waals surface area contributed by atoms with Crippen LogP contribution in [0.3, 0.4) is 0 Å². The molecule has 1 aliphatic heterocycles. The van der Waals surface area contributed by atoms with Crippen LogP contribution in [-0.2, 0) is 0 Å². The van der Waals surface area contributed by atoms with Crippen LogP contribution in [0.1, 0.15) is 42.6 Å². The van der Waals surface area contributed by atoms with E-state index in [4.69, 9.17) is 0 Å². The Labute approximate surface area is 117 Å². The number of benzene rings is 1. The summed E-state index contributed by atoms with van der Waals surface area (Å²) < 4.78 is 26.9. The molecule has 2 N–H and O–H groups in total. The number of hydrogen-bond acceptors (Lipinski definition) is 2. The molecular weight excluding hydrogens is 262 g/mol. The second-order valence-corrected chi connectivity index (χ2v) is 5.59. The standard InChI is InChI=1S/C15H20F2N2O/c1-8-6-11(13(17)7-12(8)16)15(20)19-14-5-4-9(2)18-10(14)3/h6-7,9-10,14,18H,4-5H2,1-3H3,(H,19,20). The minimum Gasteiger partial charge on any atom is -0.348 e. The third-order valence-electron chi connectivity index (χ3n) is 3.87. The first kappa shape index (κ1) is 14.9. The Morgan fingerprint density at radius 3 is 2.60 bits per heavy atom. The third kappa shape index (κ3) is 3.15. The van der Waals surface area contributed by atoms with E-state index in [9.17, 15) is 13.6 Å². The number of carbonyl (C=O) groups is 1. The van der Waals surface area contributed by atoms with Crippen molar-refractivity contribution in [1.29, 1.82) is 0 Å². The highest BCUT2D eigenvalue weighted by Crippen LogP contribution is 2.17. The van der Waals surface area contributed by atoms with Crippen LogP contribution in [0.4, 0.5) is 8.78 Å². The van der Waals surface area contributed by atoms with Crippen molar-refractivity contribution in [3.05, 3.63) is 34.9 Å². The molecule has 0 aromatic heterocycles. The van der Waals surface area contributed by atoms with Crippen molar-refractivity contribution < 1.29 is 13.6 Å². The van der Waals surface area contributed by atoms with Gasteiger partial charge in [-0.3, -0.25) is 4.79 Å². The van der Waals surface area contributed by atoms with Crippen LogP contribution in [0.25, 0.3) is 0 Å². The highest BCUT2D eigenvalue weighted by molar-refractivity contribution is 5.94. The molecule has 5 heteroatoms. The Kier molecular flexibility index (Phi) is 4.38. The minimum atomic E-state index is -0.824. The van der Waals surface area contributed by atoms with Gasteiger partial charge in [0.2, 0.25) is 0 Å². The molecule has 3 nitrogen and oxygen atoms in total. The van der Waals surface area contributed by atoms with E-state index in [1.807, 2.05) is 6.92 Å². The molecule has 0 saturated carbocycles. The van der Waals surface area contributed by atoms with Crippen LogP contribution in [0.5, 0.6) is 0 Å². The number of hydrogen-bond donors (Lipinski definition) is 2. The van der Waals surface area contributed by atoms with Crippen molar-refractivity contribution >= 4 is 5.91 Å². The smallest absolute Gasteiger partial charge is 0.254 e. The molecule has 0 aliphatic carbocycles. The molecule has 110 valence electrons. The number of amides is 1. The van der Waals surface area contributed by atoms with Crippen molar-refractivity contribution in [2.45, 2.75) is 51.7 Å². The van der Waals surface area contributed by atoms with Crippen LogP contribution >= 0.6 is 0 Å². The van der Waals surface area contributed by atoms with Gasteiger partial charge in [0.15, 0.2) is 0 Å². The normalized spacial score (nSPS) is 26.4. The lowest BCUT2D eigenvalue weighted by molar-refractivity contribution is 0.0910. The van der Waals surface area contributed by atoms with E-state index >= 15 is 0 Å². The molecular formula is C15H20F2N2O. The van der Waals surface area contributed by atoms with Crippen LogP contribution in [0, 0.1) is 18.6 Å². The number of halogens is 2. The van der Waals surface area contributed by atoms with Gasteiger partial charge in [-0.2, -0.15) is 0 Å². The van der Waals surface area contributed by atoms with Gasteiger partial charge < -0.3 is 10.6 Å². The fraction of sp³-hybridized carbons (Fsp3) is 0.533. The average molecular weight is 282 g/mol. The Morgan fingerprint density at radius 2 is 1.95 bits per heavy atom. The van der Waals surface area contributed by atoms with Gasteiger partial charge in [0, 0.05) is 24.2 Å². The summed E-state index contributed by atoms with van der Waals surface area (Å²) in [5, 5.41) is 6.18. The fourth-order valence-electron chi connectivity index (χ4n) is 2.60. The molecule has 20 heavy (non-hydrogen) atoms. The molecule has 0 bridgehead atoms. The van der Waals surface area contributed by atoms with Gasteiger partial charge in [-0.1, -0.05) is 0 Å². The fourth-order valence-corrected chi connectivity index (χ4v) is 2.60. The Morgan fingerprint density at radius 1 is 1.25 bits per heavy atom. The van der Waals surface area contributed by atoms with E-state index in [1.54, 1.807) is 0 Å². The van der Waals surface area contributed by atoms with Crippen molar-refractivity contribution in [2.75, 3.05) is 0 Å². The van der Waals surface area contributed by atoms with Crippen molar-refractivity contribution in [2.24, 2.45) is 0 Å². The van der Waals surface area contributed by atoms with E-state index < -0.39 is 17.5 Å². The molecule has 3 unspecified atom stereocenters. The van der Waals surface area contributed by atoms with Crippen LogP contribution in [0.2, 0.25) is 0 Å². The number of aryl methyl sites for hydroxylation is 1. The van der Waals surface area contributed by atoms with Crippen LogP contribution in [-0.4, -0.2) is 24.0 Å². The van der Waals surface area contributed by atoms with E-state index in [-0.39, 0.29) is 23.2 Å². The maximum Gasteiger partial charge on any atom is 0.254 e. The van der Waals surface area contributed by atoms with Gasteiger partial charge in [-0.05, 0) is 45.2 Å². The maximum atomic E-state index is 13.7. The summed E-state index contributed by atoms with van der Waals surface area (Å²) in [6.45, 7) is 5.60. The predicted octanol–water partition coefficient (Wildman–Crippen LogP) is 2.53. The van der Waals surface area contributed by atoms with Crippen molar-refractivity contribution in [1.82, 2.24) is 10.6 Å². The van der Waals surface area contributed by atoms with Crippen molar-refractivity contribution in [3.63, 3.8) is 0 Å².